The van der Waals surface area contributed by atoms with Gasteiger partial charge >= 0.3 is 0 Å². The fraction of sp³-hybridized carbons (Fsp3) is 0.143. The molecule has 0 heterocycles. The zero-order valence-corrected chi connectivity index (χ0v) is 13.5. The number of benzene rings is 2. The van der Waals surface area contributed by atoms with Crippen LogP contribution in [0.5, 0.6) is 5.75 Å². The molecule has 0 spiro atoms. The highest BCUT2D eigenvalue weighted by Gasteiger charge is 2.16. The molecule has 106 valence electrons. The van der Waals surface area contributed by atoms with Crippen molar-refractivity contribution >= 4 is 31.6 Å². The Morgan fingerprint density at radius 2 is 1.90 bits per heavy atom. The molecule has 4 nitrogen and oxygen atoms in total. The summed E-state index contributed by atoms with van der Waals surface area (Å²) in [6, 6.07) is 11.8. The Hall–Kier alpha value is -1.53. The Labute approximate surface area is 127 Å². The van der Waals surface area contributed by atoms with E-state index in [1.807, 2.05) is 13.0 Å². The highest BCUT2D eigenvalue weighted by atomic mass is 79.9. The van der Waals surface area contributed by atoms with Gasteiger partial charge in [-0.2, -0.15) is 0 Å². The lowest BCUT2D eigenvalue weighted by molar-refractivity contribution is 0.416. The number of halogens is 1. The molecule has 0 bridgehead atoms. The van der Waals surface area contributed by atoms with E-state index in [0.29, 0.717) is 15.9 Å². The van der Waals surface area contributed by atoms with Crippen LogP contribution in [0, 0.1) is 6.92 Å². The standard InChI is InChI=1S/C14H14BrNO3S/c1-10-6-7-13(14(8-10)19-2)16-20(17,18)12-5-3-4-11(15)9-12/h3-9,16H,1-2H3. The molecule has 6 heteroatoms. The van der Waals surface area contributed by atoms with Crippen LogP contribution in [0.25, 0.3) is 0 Å². The van der Waals surface area contributed by atoms with E-state index in [9.17, 15) is 8.42 Å². The van der Waals surface area contributed by atoms with Gasteiger partial charge in [-0.3, -0.25) is 4.72 Å². The van der Waals surface area contributed by atoms with E-state index in [1.54, 1.807) is 30.3 Å². The largest absolute Gasteiger partial charge is 0.495 e. The predicted octanol–water partition coefficient (Wildman–Crippen LogP) is 3.57. The van der Waals surface area contributed by atoms with Gasteiger partial charge in [0.05, 0.1) is 17.7 Å². The molecule has 0 atom stereocenters. The quantitative estimate of drug-likeness (QED) is 0.911. The van der Waals surface area contributed by atoms with Gasteiger partial charge in [0.1, 0.15) is 5.75 Å². The lowest BCUT2D eigenvalue weighted by Gasteiger charge is -2.12. The second-order valence-electron chi connectivity index (χ2n) is 4.27. The van der Waals surface area contributed by atoms with Gasteiger partial charge in [0.25, 0.3) is 10.0 Å². The summed E-state index contributed by atoms with van der Waals surface area (Å²) in [5.41, 5.74) is 1.41. The molecule has 0 aromatic heterocycles. The maximum absolute atomic E-state index is 12.3. The minimum Gasteiger partial charge on any atom is -0.495 e. The van der Waals surface area contributed by atoms with Crippen molar-refractivity contribution in [2.45, 2.75) is 11.8 Å². The molecular formula is C14H14BrNO3S. The smallest absolute Gasteiger partial charge is 0.262 e. The van der Waals surface area contributed by atoms with Crippen LogP contribution in [0.3, 0.4) is 0 Å². The number of aryl methyl sites for hydroxylation is 1. The van der Waals surface area contributed by atoms with Crippen LogP contribution >= 0.6 is 15.9 Å². The second-order valence-corrected chi connectivity index (χ2v) is 6.86. The fourth-order valence-corrected chi connectivity index (χ4v) is 3.39. The molecule has 2 rings (SSSR count). The van der Waals surface area contributed by atoms with Gasteiger partial charge in [-0.05, 0) is 42.8 Å². The van der Waals surface area contributed by atoms with E-state index < -0.39 is 10.0 Å². The van der Waals surface area contributed by atoms with E-state index in [4.69, 9.17) is 4.74 Å². The molecule has 0 saturated heterocycles. The van der Waals surface area contributed by atoms with Crippen molar-refractivity contribution in [2.75, 3.05) is 11.8 Å². The molecule has 0 aliphatic carbocycles. The van der Waals surface area contributed by atoms with Gasteiger partial charge in [0.2, 0.25) is 0 Å². The van der Waals surface area contributed by atoms with Crippen LogP contribution in [0.15, 0.2) is 51.8 Å². The number of sulfonamides is 1. The third kappa shape index (κ3) is 3.32. The van der Waals surface area contributed by atoms with Crippen LogP contribution in [-0.2, 0) is 10.0 Å². The van der Waals surface area contributed by atoms with E-state index in [-0.39, 0.29) is 4.90 Å². The van der Waals surface area contributed by atoms with Gasteiger partial charge in [0.15, 0.2) is 0 Å². The first kappa shape index (κ1) is 14.9. The fourth-order valence-electron chi connectivity index (χ4n) is 1.72. The first-order chi connectivity index (χ1) is 9.42. The average Bonchev–Trinajstić information content (AvgIpc) is 2.40. The van der Waals surface area contributed by atoms with E-state index >= 15 is 0 Å². The molecule has 0 saturated carbocycles. The molecule has 1 N–H and O–H groups in total. The summed E-state index contributed by atoms with van der Waals surface area (Å²) < 4.78 is 33.1. The first-order valence-electron chi connectivity index (χ1n) is 5.85. The van der Waals surface area contributed by atoms with Crippen molar-refractivity contribution in [3.8, 4) is 5.75 Å². The predicted molar refractivity (Wildman–Crippen MR) is 82.7 cm³/mol. The zero-order chi connectivity index (χ0) is 14.8. The number of nitrogens with one attached hydrogen (secondary N) is 1. The second kappa shape index (κ2) is 5.85. The number of methoxy groups -OCH3 is 1. The van der Waals surface area contributed by atoms with E-state index in [2.05, 4.69) is 20.7 Å². The summed E-state index contributed by atoms with van der Waals surface area (Å²) in [6.07, 6.45) is 0. The highest BCUT2D eigenvalue weighted by molar-refractivity contribution is 9.10. The maximum atomic E-state index is 12.3. The average molecular weight is 356 g/mol. The molecule has 0 unspecified atom stereocenters. The van der Waals surface area contributed by atoms with Gasteiger partial charge in [-0.1, -0.05) is 28.1 Å². The highest BCUT2D eigenvalue weighted by Crippen LogP contribution is 2.28. The molecule has 0 amide bonds. The molecule has 2 aromatic carbocycles. The number of ether oxygens (including phenoxy) is 1. The third-order valence-electron chi connectivity index (χ3n) is 2.71. The van der Waals surface area contributed by atoms with Crippen LogP contribution in [0.1, 0.15) is 5.56 Å². The zero-order valence-electron chi connectivity index (χ0n) is 11.1. The van der Waals surface area contributed by atoms with Crippen LogP contribution in [0.4, 0.5) is 5.69 Å². The monoisotopic (exact) mass is 355 g/mol. The van der Waals surface area contributed by atoms with Crippen molar-refractivity contribution < 1.29 is 13.2 Å². The SMILES string of the molecule is COc1cc(C)ccc1NS(=O)(=O)c1cccc(Br)c1. The Morgan fingerprint density at radius 3 is 2.55 bits per heavy atom. The number of rotatable bonds is 4. The summed E-state index contributed by atoms with van der Waals surface area (Å²) in [4.78, 5) is 0.189. The Kier molecular flexibility index (Phi) is 4.35. The van der Waals surface area contributed by atoms with Gasteiger partial charge in [0, 0.05) is 4.47 Å². The van der Waals surface area contributed by atoms with Crippen molar-refractivity contribution in [3.63, 3.8) is 0 Å². The van der Waals surface area contributed by atoms with E-state index in [1.165, 1.54) is 13.2 Å². The summed E-state index contributed by atoms with van der Waals surface area (Å²) in [6.45, 7) is 1.91. The number of hydrogen-bond donors (Lipinski definition) is 1. The third-order valence-corrected chi connectivity index (χ3v) is 4.56. The normalized spacial score (nSPS) is 11.2. The van der Waals surface area contributed by atoms with Crippen LogP contribution < -0.4 is 9.46 Å². The lowest BCUT2D eigenvalue weighted by atomic mass is 10.2. The van der Waals surface area contributed by atoms with Gasteiger partial charge in [-0.25, -0.2) is 8.42 Å². The first-order valence-corrected chi connectivity index (χ1v) is 8.13. The van der Waals surface area contributed by atoms with Crippen molar-refractivity contribution in [3.05, 3.63) is 52.5 Å². The van der Waals surface area contributed by atoms with Gasteiger partial charge in [-0.15, -0.1) is 0 Å². The summed E-state index contributed by atoms with van der Waals surface area (Å²) in [5, 5.41) is 0. The Bertz CT molecular complexity index is 729. The van der Waals surface area contributed by atoms with Crippen molar-refractivity contribution in [1.82, 2.24) is 0 Å². The molecule has 0 fully saturated rings. The number of anilines is 1. The molecule has 0 aliphatic heterocycles. The Balaban J connectivity index is 2.38. The van der Waals surface area contributed by atoms with Gasteiger partial charge < -0.3 is 4.74 Å². The molecule has 0 aliphatic rings. The van der Waals surface area contributed by atoms with Crippen molar-refractivity contribution in [1.29, 1.82) is 0 Å². The van der Waals surface area contributed by atoms with Crippen LogP contribution in [0.2, 0.25) is 0 Å². The summed E-state index contributed by atoms with van der Waals surface area (Å²) in [5.74, 6) is 0.489. The molecule has 20 heavy (non-hydrogen) atoms. The number of hydrogen-bond acceptors (Lipinski definition) is 3. The van der Waals surface area contributed by atoms with Crippen molar-refractivity contribution in [2.24, 2.45) is 0 Å². The lowest BCUT2D eigenvalue weighted by Crippen LogP contribution is -2.13. The Morgan fingerprint density at radius 1 is 1.15 bits per heavy atom. The maximum Gasteiger partial charge on any atom is 0.262 e. The molecule has 0 radical (unpaired) electrons. The molecular weight excluding hydrogens is 342 g/mol. The summed E-state index contributed by atoms with van der Waals surface area (Å²) >= 11 is 3.26. The van der Waals surface area contributed by atoms with E-state index in [0.717, 1.165) is 5.56 Å². The van der Waals surface area contributed by atoms with Crippen LogP contribution in [-0.4, -0.2) is 15.5 Å². The summed E-state index contributed by atoms with van der Waals surface area (Å²) in [7, 11) is -2.14. The minimum atomic E-state index is -3.64. The topological polar surface area (TPSA) is 55.4 Å². The minimum absolute atomic E-state index is 0.189. The molecule has 2 aromatic rings.